The van der Waals surface area contributed by atoms with Gasteiger partial charge in [-0.25, -0.2) is 0 Å². The second kappa shape index (κ2) is 12.7. The minimum absolute atomic E-state index is 0.0476. The van der Waals surface area contributed by atoms with E-state index >= 15 is 0 Å². The molecule has 1 unspecified atom stereocenters. The lowest BCUT2D eigenvalue weighted by Gasteiger charge is -2.22. The third-order valence-corrected chi connectivity index (χ3v) is 12.4. The molecule has 10 aromatic carbocycles. The maximum atomic E-state index is 6.94. The Balaban J connectivity index is 1.10. The Morgan fingerprint density at radius 1 is 0.386 bits per heavy atom. The lowest BCUT2D eigenvalue weighted by Crippen LogP contribution is -2.05. The largest absolute Gasteiger partial charge is 0.455 e. The molecule has 1 atom stereocenters. The Morgan fingerprint density at radius 3 is 1.91 bits per heavy atom. The molecule has 1 aliphatic rings. The molecule has 57 heavy (non-hydrogen) atoms. The van der Waals surface area contributed by atoms with Crippen molar-refractivity contribution in [2.24, 2.45) is 0 Å². The maximum absolute atomic E-state index is 6.94. The standard InChI is InChI=1S/C56H36O/c1-2-12-35(13-3-1)44-20-11-22-48-46-29-27-40(33-41(46)34-52(44)48)54(39-26-28-45-38(32-39)25-24-37-15-5-6-17-42(37)45)51-31-30-49(47-21-10-16-36-14-4-7-18-43(36)47)56-55(51)50-19-8-9-23-53(50)57-56/h1-33,54H,34H2. The summed E-state index contributed by atoms with van der Waals surface area (Å²) in [5, 5.41) is 9.83. The van der Waals surface area contributed by atoms with Gasteiger partial charge in [0.25, 0.3) is 0 Å². The molecule has 266 valence electrons. The fraction of sp³-hybridized carbons (Fsp3) is 0.0357. The van der Waals surface area contributed by atoms with E-state index in [0.717, 1.165) is 28.5 Å². The predicted octanol–water partition coefficient (Wildman–Crippen LogP) is 15.1. The Hall–Kier alpha value is -7.22. The van der Waals surface area contributed by atoms with Gasteiger partial charge in [-0.1, -0.05) is 194 Å². The van der Waals surface area contributed by atoms with Crippen molar-refractivity contribution in [3.63, 3.8) is 0 Å². The van der Waals surface area contributed by atoms with Crippen molar-refractivity contribution in [1.82, 2.24) is 0 Å². The molecule has 0 saturated heterocycles. The van der Waals surface area contributed by atoms with Crippen LogP contribution in [0.25, 0.3) is 87.6 Å². The van der Waals surface area contributed by atoms with Gasteiger partial charge in [0.15, 0.2) is 0 Å². The van der Waals surface area contributed by atoms with Crippen LogP contribution in [0.1, 0.15) is 33.7 Å². The molecule has 0 bridgehead atoms. The topological polar surface area (TPSA) is 13.1 Å². The summed E-state index contributed by atoms with van der Waals surface area (Å²) in [6.45, 7) is 0. The minimum atomic E-state index is -0.0476. The number of rotatable bonds is 5. The Morgan fingerprint density at radius 2 is 1.02 bits per heavy atom. The first-order chi connectivity index (χ1) is 28.3. The number of hydrogen-bond donors (Lipinski definition) is 0. The Kier molecular flexibility index (Phi) is 7.12. The molecular weight excluding hydrogens is 689 g/mol. The monoisotopic (exact) mass is 724 g/mol. The highest BCUT2D eigenvalue weighted by Crippen LogP contribution is 2.48. The summed E-state index contributed by atoms with van der Waals surface area (Å²) in [5.41, 5.74) is 16.0. The van der Waals surface area contributed by atoms with Crippen LogP contribution in [0.5, 0.6) is 0 Å². The normalized spacial score (nSPS) is 12.8. The van der Waals surface area contributed by atoms with Gasteiger partial charge in [0.2, 0.25) is 0 Å². The number of para-hydroxylation sites is 1. The molecule has 0 saturated carbocycles. The molecule has 1 nitrogen and oxygen atoms in total. The van der Waals surface area contributed by atoms with E-state index in [1.165, 1.54) is 93.3 Å². The number of fused-ring (bicyclic) bond motifs is 10. The first kappa shape index (κ1) is 32.1. The van der Waals surface area contributed by atoms with E-state index in [4.69, 9.17) is 4.42 Å². The zero-order valence-corrected chi connectivity index (χ0v) is 31.2. The van der Waals surface area contributed by atoms with E-state index < -0.39 is 0 Å². The summed E-state index contributed by atoms with van der Waals surface area (Å²) in [6.07, 6.45) is 0.907. The number of benzene rings is 10. The average molecular weight is 725 g/mol. The predicted molar refractivity (Wildman–Crippen MR) is 239 cm³/mol. The van der Waals surface area contributed by atoms with Crippen LogP contribution < -0.4 is 0 Å². The van der Waals surface area contributed by atoms with E-state index in [2.05, 4.69) is 200 Å². The van der Waals surface area contributed by atoms with Gasteiger partial charge in [0.05, 0.1) is 0 Å². The lowest BCUT2D eigenvalue weighted by molar-refractivity contribution is 0.669. The summed E-state index contributed by atoms with van der Waals surface area (Å²) in [6, 6.07) is 73.7. The van der Waals surface area contributed by atoms with Gasteiger partial charge in [0, 0.05) is 22.3 Å². The van der Waals surface area contributed by atoms with Crippen molar-refractivity contribution >= 4 is 54.3 Å². The van der Waals surface area contributed by atoms with Crippen LogP contribution in [0.2, 0.25) is 0 Å². The summed E-state index contributed by atoms with van der Waals surface area (Å²) in [5.74, 6) is -0.0476. The van der Waals surface area contributed by atoms with Gasteiger partial charge < -0.3 is 4.42 Å². The van der Waals surface area contributed by atoms with Gasteiger partial charge in [-0.3, -0.25) is 0 Å². The first-order valence-corrected chi connectivity index (χ1v) is 19.9. The SMILES string of the molecule is c1ccc(-c2cccc3c2Cc2cc(C(c4ccc5c(ccc6ccccc65)c4)c4ccc(-c5cccc6ccccc56)c5oc6ccccc6c45)ccc2-3)cc1. The molecule has 1 aromatic heterocycles. The molecular formula is C56H36O. The fourth-order valence-corrected chi connectivity index (χ4v) is 9.84. The van der Waals surface area contributed by atoms with Crippen molar-refractivity contribution in [3.05, 3.63) is 228 Å². The van der Waals surface area contributed by atoms with E-state index in [-0.39, 0.29) is 5.92 Å². The Labute approximate surface area is 331 Å². The highest BCUT2D eigenvalue weighted by molar-refractivity contribution is 6.14. The molecule has 0 fully saturated rings. The number of furan rings is 1. The van der Waals surface area contributed by atoms with Crippen LogP contribution in [0, 0.1) is 0 Å². The smallest absolute Gasteiger partial charge is 0.143 e. The lowest BCUT2D eigenvalue weighted by atomic mass is 9.80. The highest BCUT2D eigenvalue weighted by Gasteiger charge is 2.28. The van der Waals surface area contributed by atoms with Crippen molar-refractivity contribution in [3.8, 4) is 33.4 Å². The molecule has 1 heteroatoms. The van der Waals surface area contributed by atoms with Crippen LogP contribution in [0.3, 0.4) is 0 Å². The summed E-state index contributed by atoms with van der Waals surface area (Å²) in [4.78, 5) is 0. The maximum Gasteiger partial charge on any atom is 0.143 e. The van der Waals surface area contributed by atoms with Gasteiger partial charge >= 0.3 is 0 Å². The number of hydrogen-bond acceptors (Lipinski definition) is 1. The molecule has 0 amide bonds. The zero-order valence-electron chi connectivity index (χ0n) is 31.2. The summed E-state index contributed by atoms with van der Waals surface area (Å²) < 4.78 is 6.94. The van der Waals surface area contributed by atoms with Crippen LogP contribution in [0.4, 0.5) is 0 Å². The van der Waals surface area contributed by atoms with E-state index in [9.17, 15) is 0 Å². The van der Waals surface area contributed by atoms with Crippen LogP contribution >= 0.6 is 0 Å². The summed E-state index contributed by atoms with van der Waals surface area (Å²) >= 11 is 0. The van der Waals surface area contributed by atoms with Gasteiger partial charge in [-0.15, -0.1) is 0 Å². The van der Waals surface area contributed by atoms with Crippen LogP contribution in [0.15, 0.2) is 205 Å². The Bertz CT molecular complexity index is 3380. The molecule has 1 aliphatic carbocycles. The minimum Gasteiger partial charge on any atom is -0.455 e. The molecule has 0 spiro atoms. The van der Waals surface area contributed by atoms with Crippen molar-refractivity contribution < 1.29 is 4.42 Å². The van der Waals surface area contributed by atoms with E-state index in [1.54, 1.807) is 0 Å². The summed E-state index contributed by atoms with van der Waals surface area (Å²) in [7, 11) is 0. The van der Waals surface area contributed by atoms with Crippen LogP contribution in [-0.4, -0.2) is 0 Å². The van der Waals surface area contributed by atoms with Crippen LogP contribution in [-0.2, 0) is 6.42 Å². The zero-order chi connectivity index (χ0) is 37.5. The average Bonchev–Trinajstić information content (AvgIpc) is 3.86. The third-order valence-electron chi connectivity index (χ3n) is 12.4. The molecule has 11 aromatic rings. The van der Waals surface area contributed by atoms with Crippen molar-refractivity contribution in [2.45, 2.75) is 12.3 Å². The molecule has 12 rings (SSSR count). The molecule has 1 heterocycles. The quantitative estimate of drug-likeness (QED) is 0.127. The fourth-order valence-electron chi connectivity index (χ4n) is 9.84. The van der Waals surface area contributed by atoms with Gasteiger partial charge in [-0.05, 0) is 100 Å². The second-order valence-corrected chi connectivity index (χ2v) is 15.5. The van der Waals surface area contributed by atoms with E-state index in [0.29, 0.717) is 0 Å². The van der Waals surface area contributed by atoms with Gasteiger partial charge in [0.1, 0.15) is 11.2 Å². The van der Waals surface area contributed by atoms with Gasteiger partial charge in [-0.2, -0.15) is 0 Å². The molecule has 0 radical (unpaired) electrons. The molecule has 0 N–H and O–H groups in total. The molecule has 0 aliphatic heterocycles. The first-order valence-electron chi connectivity index (χ1n) is 19.9. The van der Waals surface area contributed by atoms with Crippen molar-refractivity contribution in [2.75, 3.05) is 0 Å². The third kappa shape index (κ3) is 5.02. The second-order valence-electron chi connectivity index (χ2n) is 15.5. The highest BCUT2D eigenvalue weighted by atomic mass is 16.3. The van der Waals surface area contributed by atoms with E-state index in [1.807, 2.05) is 0 Å². The van der Waals surface area contributed by atoms with Crippen molar-refractivity contribution in [1.29, 1.82) is 0 Å².